The smallest absolute Gasteiger partial charge is 0.399 e. The van der Waals surface area contributed by atoms with E-state index in [4.69, 9.17) is 9.31 Å². The van der Waals surface area contributed by atoms with Crippen LogP contribution in [-0.2, 0) is 14.1 Å². The predicted octanol–water partition coefficient (Wildman–Crippen LogP) is 4.67. The fraction of sp³-hybridized carbons (Fsp3) is 0.344. The molecule has 0 atom stereocenters. The van der Waals surface area contributed by atoms with Crippen LogP contribution in [0.2, 0.25) is 0 Å². The molecule has 0 bridgehead atoms. The van der Waals surface area contributed by atoms with Crippen molar-refractivity contribution in [3.05, 3.63) is 83.9 Å². The Morgan fingerprint density at radius 2 is 1.52 bits per heavy atom. The largest absolute Gasteiger partial charge is 0.494 e. The molecule has 40 heavy (non-hydrogen) atoms. The standard InChI is InChI=1S/C32H37BN4O3/c1-31(2)32(3,4)40-33(39-31)23-11-16-26-27(21-23)35-30(38)28(26)29(22-9-7-6-8-10-22)34-24-12-14-25(15-13-24)37-19-17-36(5)18-20-37/h6-16,21,34H,17-20H2,1-5H3,(H,35,38)/b29-28-. The highest BCUT2D eigenvalue weighted by Crippen LogP contribution is 2.39. The van der Waals surface area contributed by atoms with Crippen molar-refractivity contribution in [1.82, 2.24) is 4.90 Å². The van der Waals surface area contributed by atoms with Crippen LogP contribution in [0.4, 0.5) is 17.1 Å². The number of benzene rings is 3. The van der Waals surface area contributed by atoms with Crippen molar-refractivity contribution in [2.45, 2.75) is 38.9 Å². The van der Waals surface area contributed by atoms with Crippen LogP contribution in [0.15, 0.2) is 72.8 Å². The Morgan fingerprint density at radius 3 is 2.17 bits per heavy atom. The van der Waals surface area contributed by atoms with Crippen LogP contribution >= 0.6 is 0 Å². The number of rotatable bonds is 5. The first kappa shape index (κ1) is 26.6. The molecule has 0 aromatic heterocycles. The van der Waals surface area contributed by atoms with E-state index in [-0.39, 0.29) is 5.91 Å². The molecule has 0 radical (unpaired) electrons. The number of carbonyl (C=O) groups excluding carboxylic acids is 1. The molecule has 2 fully saturated rings. The van der Waals surface area contributed by atoms with Crippen LogP contribution in [0.1, 0.15) is 38.8 Å². The summed E-state index contributed by atoms with van der Waals surface area (Å²) in [7, 11) is 1.67. The van der Waals surface area contributed by atoms with Gasteiger partial charge in [-0.05, 0) is 76.1 Å². The van der Waals surface area contributed by atoms with Gasteiger partial charge in [0.05, 0.1) is 22.5 Å². The molecule has 3 aliphatic rings. The second kappa shape index (κ2) is 10.1. The summed E-state index contributed by atoms with van der Waals surface area (Å²) < 4.78 is 12.5. The first-order chi connectivity index (χ1) is 19.1. The van der Waals surface area contributed by atoms with Gasteiger partial charge >= 0.3 is 7.12 Å². The monoisotopic (exact) mass is 536 g/mol. The number of carbonyl (C=O) groups is 1. The lowest BCUT2D eigenvalue weighted by Gasteiger charge is -2.34. The third kappa shape index (κ3) is 4.92. The minimum atomic E-state index is -0.495. The van der Waals surface area contributed by atoms with Gasteiger partial charge in [0.2, 0.25) is 0 Å². The van der Waals surface area contributed by atoms with E-state index in [1.807, 2.05) is 76.2 Å². The third-order valence-corrected chi connectivity index (χ3v) is 8.63. The number of hydrogen-bond donors (Lipinski definition) is 2. The highest BCUT2D eigenvalue weighted by Gasteiger charge is 2.52. The van der Waals surface area contributed by atoms with Crippen molar-refractivity contribution in [2.24, 2.45) is 0 Å². The predicted molar refractivity (Wildman–Crippen MR) is 164 cm³/mol. The Morgan fingerprint density at radius 1 is 0.875 bits per heavy atom. The molecule has 7 nitrogen and oxygen atoms in total. The number of nitrogens with one attached hydrogen (secondary N) is 2. The Bertz CT molecular complexity index is 1430. The van der Waals surface area contributed by atoms with E-state index in [0.717, 1.165) is 59.8 Å². The number of anilines is 3. The Labute approximate surface area is 237 Å². The lowest BCUT2D eigenvalue weighted by atomic mass is 9.78. The first-order valence-electron chi connectivity index (χ1n) is 14.0. The van der Waals surface area contributed by atoms with Crippen molar-refractivity contribution in [3.63, 3.8) is 0 Å². The molecule has 8 heteroatoms. The zero-order chi connectivity index (χ0) is 28.1. The van der Waals surface area contributed by atoms with Crippen molar-refractivity contribution in [2.75, 3.05) is 48.8 Å². The van der Waals surface area contributed by atoms with Crippen molar-refractivity contribution < 1.29 is 14.1 Å². The fourth-order valence-electron chi connectivity index (χ4n) is 5.41. The molecule has 3 heterocycles. The molecular formula is C32H37BN4O3. The molecule has 3 aromatic carbocycles. The number of fused-ring (bicyclic) bond motifs is 1. The summed E-state index contributed by atoms with van der Waals surface area (Å²) in [5.74, 6) is -0.138. The van der Waals surface area contributed by atoms with Gasteiger partial charge in [0.25, 0.3) is 5.91 Å². The molecule has 3 aliphatic heterocycles. The van der Waals surface area contributed by atoms with Gasteiger partial charge in [0.1, 0.15) is 0 Å². The molecule has 0 spiro atoms. The van der Waals surface area contributed by atoms with E-state index in [9.17, 15) is 4.79 Å². The van der Waals surface area contributed by atoms with Gasteiger partial charge < -0.3 is 29.7 Å². The lowest BCUT2D eigenvalue weighted by Crippen LogP contribution is -2.44. The second-order valence-electron chi connectivity index (χ2n) is 11.9. The second-order valence-corrected chi connectivity index (χ2v) is 11.9. The maximum atomic E-state index is 13.5. The molecule has 6 rings (SSSR count). The lowest BCUT2D eigenvalue weighted by molar-refractivity contribution is -0.110. The molecule has 0 unspecified atom stereocenters. The summed E-state index contributed by atoms with van der Waals surface area (Å²) in [5, 5.41) is 6.67. The van der Waals surface area contributed by atoms with Crippen LogP contribution < -0.4 is 21.0 Å². The van der Waals surface area contributed by atoms with Crippen LogP contribution in [0.25, 0.3) is 11.3 Å². The summed E-state index contributed by atoms with van der Waals surface area (Å²) in [4.78, 5) is 18.3. The van der Waals surface area contributed by atoms with Crippen LogP contribution in [0, 0.1) is 0 Å². The summed E-state index contributed by atoms with van der Waals surface area (Å²) in [5.41, 5.74) is 6.10. The van der Waals surface area contributed by atoms with E-state index >= 15 is 0 Å². The van der Waals surface area contributed by atoms with Crippen LogP contribution in [0.5, 0.6) is 0 Å². The van der Waals surface area contributed by atoms with E-state index < -0.39 is 18.3 Å². The van der Waals surface area contributed by atoms with Gasteiger partial charge in [-0.15, -0.1) is 0 Å². The quantitative estimate of drug-likeness (QED) is 0.365. The fourth-order valence-corrected chi connectivity index (χ4v) is 5.41. The highest BCUT2D eigenvalue weighted by atomic mass is 16.7. The number of nitrogens with zero attached hydrogens (tertiary/aromatic N) is 2. The van der Waals surface area contributed by atoms with E-state index in [1.54, 1.807) is 0 Å². The van der Waals surface area contributed by atoms with Crippen molar-refractivity contribution in [3.8, 4) is 0 Å². The Hall–Kier alpha value is -3.59. The van der Waals surface area contributed by atoms with Crippen molar-refractivity contribution >= 4 is 46.8 Å². The molecular weight excluding hydrogens is 499 g/mol. The van der Waals surface area contributed by atoms with E-state index in [2.05, 4.69) is 51.7 Å². The summed E-state index contributed by atoms with van der Waals surface area (Å²) in [6, 6.07) is 24.5. The van der Waals surface area contributed by atoms with Crippen LogP contribution in [0.3, 0.4) is 0 Å². The number of piperazine rings is 1. The highest BCUT2D eigenvalue weighted by molar-refractivity contribution is 6.62. The minimum Gasteiger partial charge on any atom is -0.399 e. The number of amides is 1. The van der Waals surface area contributed by atoms with E-state index in [0.29, 0.717) is 5.57 Å². The van der Waals surface area contributed by atoms with Gasteiger partial charge in [0.15, 0.2) is 0 Å². The topological polar surface area (TPSA) is 66.1 Å². The molecule has 0 saturated carbocycles. The summed E-state index contributed by atoms with van der Waals surface area (Å²) in [6.07, 6.45) is 0. The van der Waals surface area contributed by atoms with Gasteiger partial charge in [-0.25, -0.2) is 0 Å². The third-order valence-electron chi connectivity index (χ3n) is 8.63. The maximum Gasteiger partial charge on any atom is 0.494 e. The molecule has 2 N–H and O–H groups in total. The van der Waals surface area contributed by atoms with Gasteiger partial charge in [-0.2, -0.15) is 0 Å². The zero-order valence-corrected chi connectivity index (χ0v) is 24.0. The molecule has 206 valence electrons. The molecule has 1 amide bonds. The summed E-state index contributed by atoms with van der Waals surface area (Å²) in [6.45, 7) is 12.3. The number of hydrogen-bond acceptors (Lipinski definition) is 6. The van der Waals surface area contributed by atoms with Gasteiger partial charge in [-0.1, -0.05) is 42.5 Å². The first-order valence-corrected chi connectivity index (χ1v) is 14.0. The Balaban J connectivity index is 1.33. The zero-order valence-electron chi connectivity index (χ0n) is 24.0. The van der Waals surface area contributed by atoms with Crippen molar-refractivity contribution in [1.29, 1.82) is 0 Å². The SMILES string of the molecule is CN1CCN(c2ccc(N/C(=C3\C(=O)Nc4cc(B5OC(C)(C)C(C)(C)O5)ccc43)c3ccccc3)cc2)CC1. The number of likely N-dealkylation sites (N-methyl/N-ethyl adjacent to an activating group) is 1. The van der Waals surface area contributed by atoms with E-state index in [1.165, 1.54) is 5.69 Å². The minimum absolute atomic E-state index is 0.138. The Kier molecular flexibility index (Phi) is 6.73. The average Bonchev–Trinajstić information content (AvgIpc) is 3.38. The van der Waals surface area contributed by atoms with Crippen LogP contribution in [-0.4, -0.2) is 62.4 Å². The van der Waals surface area contributed by atoms with Gasteiger partial charge in [0, 0.05) is 48.8 Å². The average molecular weight is 536 g/mol. The molecule has 2 saturated heterocycles. The molecule has 3 aromatic rings. The maximum absolute atomic E-state index is 13.5. The molecule has 0 aliphatic carbocycles. The van der Waals surface area contributed by atoms with Gasteiger partial charge in [-0.3, -0.25) is 4.79 Å². The summed E-state index contributed by atoms with van der Waals surface area (Å²) >= 11 is 0. The normalized spacial score (nSPS) is 21.3.